The van der Waals surface area contributed by atoms with E-state index in [-0.39, 0.29) is 11.8 Å². The molecule has 0 aromatic carbocycles. The van der Waals surface area contributed by atoms with E-state index in [1.54, 1.807) is 6.21 Å². The van der Waals surface area contributed by atoms with Crippen LogP contribution in [0.1, 0.15) is 32.4 Å². The van der Waals surface area contributed by atoms with Gasteiger partial charge in [0.2, 0.25) is 5.95 Å². The number of hydrogen-bond donors (Lipinski definition) is 5. The van der Waals surface area contributed by atoms with Crippen LogP contribution >= 0.6 is 0 Å². The second-order valence-corrected chi connectivity index (χ2v) is 6.05. The first-order chi connectivity index (χ1) is 12.6. The molecule has 2 aromatic heterocycles. The number of nitrogen functional groups attached to an aromatic ring is 1. The molecule has 26 heavy (non-hydrogen) atoms. The molecule has 0 radical (unpaired) electrons. The fourth-order valence-corrected chi connectivity index (χ4v) is 2.75. The molecule has 3 rings (SSSR count). The quantitative estimate of drug-likeness (QED) is 0.249. The van der Waals surface area contributed by atoms with Crippen LogP contribution in [0.25, 0.3) is 11.2 Å². The second-order valence-electron chi connectivity index (χ2n) is 6.05. The Morgan fingerprint density at radius 2 is 2.19 bits per heavy atom. The Hall–Kier alpha value is -2.34. The number of fused-ring (bicyclic) bond motifs is 1. The van der Waals surface area contributed by atoms with Crippen molar-refractivity contribution in [3.63, 3.8) is 0 Å². The van der Waals surface area contributed by atoms with Gasteiger partial charge in [-0.15, -0.1) is 0 Å². The number of nitrogens with zero attached hydrogens (tertiary/aromatic N) is 5. The van der Waals surface area contributed by atoms with E-state index in [1.165, 1.54) is 10.9 Å². The molecule has 11 heteroatoms. The van der Waals surface area contributed by atoms with Gasteiger partial charge in [0.1, 0.15) is 23.8 Å². The minimum atomic E-state index is -1.25. The van der Waals surface area contributed by atoms with Crippen molar-refractivity contribution >= 4 is 29.1 Å². The molecule has 1 saturated heterocycles. The maximum absolute atomic E-state index is 10.2. The molecule has 3 heterocycles. The van der Waals surface area contributed by atoms with Gasteiger partial charge in [0.25, 0.3) is 0 Å². The number of aliphatic hydroxyl groups excluding tert-OH is 3. The molecule has 0 aliphatic carbocycles. The van der Waals surface area contributed by atoms with Crippen molar-refractivity contribution in [2.45, 2.75) is 50.7 Å². The van der Waals surface area contributed by atoms with Gasteiger partial charge in [-0.25, -0.2) is 10.4 Å². The molecule has 1 aliphatic heterocycles. The predicted octanol–water partition coefficient (Wildman–Crippen LogP) is -0.392. The van der Waals surface area contributed by atoms with Gasteiger partial charge >= 0.3 is 0 Å². The molecule has 11 nitrogen and oxygen atoms in total. The molecule has 0 bridgehead atoms. The number of nitrogens with two attached hydrogens (primary N) is 1. The van der Waals surface area contributed by atoms with Crippen LogP contribution in [0.2, 0.25) is 0 Å². The number of hydrazone groups is 1. The summed E-state index contributed by atoms with van der Waals surface area (Å²) in [4.78, 5) is 12.6. The van der Waals surface area contributed by atoms with Crippen LogP contribution in [0.4, 0.5) is 11.8 Å². The van der Waals surface area contributed by atoms with E-state index in [9.17, 15) is 15.3 Å². The van der Waals surface area contributed by atoms with Gasteiger partial charge in [-0.05, 0) is 12.8 Å². The smallest absolute Gasteiger partial charge is 0.247 e. The highest BCUT2D eigenvalue weighted by Gasteiger charge is 2.44. The van der Waals surface area contributed by atoms with E-state index in [0.29, 0.717) is 11.2 Å². The molecule has 0 saturated carbocycles. The Morgan fingerprint density at radius 3 is 2.88 bits per heavy atom. The van der Waals surface area contributed by atoms with Gasteiger partial charge in [0, 0.05) is 6.21 Å². The number of imidazole rings is 1. The molecule has 142 valence electrons. The summed E-state index contributed by atoms with van der Waals surface area (Å²) in [7, 11) is 0. The molecule has 6 N–H and O–H groups in total. The van der Waals surface area contributed by atoms with E-state index >= 15 is 0 Å². The predicted molar refractivity (Wildman–Crippen MR) is 94.4 cm³/mol. The van der Waals surface area contributed by atoms with Gasteiger partial charge < -0.3 is 25.8 Å². The minimum Gasteiger partial charge on any atom is -0.394 e. The Balaban J connectivity index is 1.87. The van der Waals surface area contributed by atoms with Crippen LogP contribution in [0.5, 0.6) is 0 Å². The number of nitrogens with one attached hydrogen (secondary N) is 1. The lowest BCUT2D eigenvalue weighted by Crippen LogP contribution is -2.33. The summed E-state index contributed by atoms with van der Waals surface area (Å²) in [5.74, 6) is 0.322. The van der Waals surface area contributed by atoms with Crippen LogP contribution in [0.3, 0.4) is 0 Å². The van der Waals surface area contributed by atoms with Crippen molar-refractivity contribution in [1.29, 1.82) is 0 Å². The topological polar surface area (TPSA) is 164 Å². The first-order valence-corrected chi connectivity index (χ1v) is 8.46. The summed E-state index contributed by atoms with van der Waals surface area (Å²) >= 11 is 0. The monoisotopic (exact) mass is 365 g/mol. The maximum Gasteiger partial charge on any atom is 0.247 e. The summed E-state index contributed by atoms with van der Waals surface area (Å²) in [6.45, 7) is 1.68. The number of unbranched alkanes of at least 4 members (excludes halogenated alkanes) is 2. The zero-order chi connectivity index (χ0) is 18.7. The molecule has 4 unspecified atom stereocenters. The normalized spacial score (nSPS) is 26.2. The molecule has 1 fully saturated rings. The van der Waals surface area contributed by atoms with E-state index in [4.69, 9.17) is 10.5 Å². The lowest BCUT2D eigenvalue weighted by molar-refractivity contribution is -0.0511. The highest BCUT2D eigenvalue weighted by Crippen LogP contribution is 2.32. The molecule has 2 aromatic rings. The molecular formula is C15H23N7O4. The van der Waals surface area contributed by atoms with Crippen LogP contribution in [0.15, 0.2) is 11.4 Å². The second kappa shape index (κ2) is 7.91. The van der Waals surface area contributed by atoms with Crippen molar-refractivity contribution < 1.29 is 20.1 Å². The minimum absolute atomic E-state index is 0.145. The summed E-state index contributed by atoms with van der Waals surface area (Å²) in [6.07, 6.45) is 1.75. The largest absolute Gasteiger partial charge is 0.394 e. The van der Waals surface area contributed by atoms with Crippen LogP contribution in [-0.4, -0.2) is 66.0 Å². The number of aliphatic hydroxyl groups is 3. The first kappa shape index (κ1) is 18.5. The standard InChI is InChI=1S/C15H23N7O4/c1-2-3-4-5-18-21-15-19-12(16)9-13(20-15)22(7-17-9)14-11(25)10(24)8(6-23)26-14/h5,7-8,10-11,14,23-25H,2-4,6H2,1H3,(H3,16,19,20,21)/b18-5+. The van der Waals surface area contributed by atoms with Gasteiger partial charge in [-0.3, -0.25) is 4.57 Å². The Bertz CT molecular complexity index is 781. The van der Waals surface area contributed by atoms with E-state index < -0.39 is 31.1 Å². The van der Waals surface area contributed by atoms with E-state index in [0.717, 1.165) is 19.3 Å². The Morgan fingerprint density at radius 1 is 1.38 bits per heavy atom. The van der Waals surface area contributed by atoms with Crippen molar-refractivity contribution in [1.82, 2.24) is 19.5 Å². The zero-order valence-electron chi connectivity index (χ0n) is 14.4. The third-order valence-corrected chi connectivity index (χ3v) is 4.18. The van der Waals surface area contributed by atoms with Crippen molar-refractivity contribution in [2.75, 3.05) is 17.8 Å². The number of rotatable bonds is 7. The molecule has 1 aliphatic rings. The van der Waals surface area contributed by atoms with E-state index in [1.807, 2.05) is 0 Å². The summed E-state index contributed by atoms with van der Waals surface area (Å²) in [6, 6.07) is 0. The number of aromatic nitrogens is 4. The Kier molecular flexibility index (Phi) is 5.61. The fraction of sp³-hybridized carbons (Fsp3) is 0.600. The number of ether oxygens (including phenoxy) is 1. The first-order valence-electron chi connectivity index (χ1n) is 8.46. The highest BCUT2D eigenvalue weighted by atomic mass is 16.6. The summed E-state index contributed by atoms with van der Waals surface area (Å²) in [5, 5.41) is 33.4. The van der Waals surface area contributed by atoms with Gasteiger partial charge in [-0.1, -0.05) is 13.3 Å². The van der Waals surface area contributed by atoms with Gasteiger partial charge in [0.15, 0.2) is 17.7 Å². The van der Waals surface area contributed by atoms with Crippen LogP contribution in [0, 0.1) is 0 Å². The van der Waals surface area contributed by atoms with E-state index in [2.05, 4.69) is 32.4 Å². The average molecular weight is 365 g/mol. The average Bonchev–Trinajstić information content (AvgIpc) is 3.17. The SMILES string of the molecule is CCCC/C=N/Nc1nc(N)c2ncn(C3OC(CO)C(O)C3O)c2n1. The summed E-state index contributed by atoms with van der Waals surface area (Å²) < 4.78 is 6.96. The molecular weight excluding hydrogens is 342 g/mol. The number of hydrogen-bond acceptors (Lipinski definition) is 10. The summed E-state index contributed by atoms with van der Waals surface area (Å²) in [5.41, 5.74) is 9.30. The zero-order valence-corrected chi connectivity index (χ0v) is 14.4. The third kappa shape index (κ3) is 3.46. The highest BCUT2D eigenvalue weighted by molar-refractivity contribution is 5.83. The number of anilines is 2. The lowest BCUT2D eigenvalue weighted by Gasteiger charge is -2.16. The third-order valence-electron chi connectivity index (χ3n) is 4.18. The molecule has 4 atom stereocenters. The Labute approximate surface area is 149 Å². The van der Waals surface area contributed by atoms with Crippen molar-refractivity contribution in [2.24, 2.45) is 5.10 Å². The van der Waals surface area contributed by atoms with Crippen LogP contribution in [-0.2, 0) is 4.74 Å². The molecule has 0 amide bonds. The van der Waals surface area contributed by atoms with Crippen molar-refractivity contribution in [3.8, 4) is 0 Å². The van der Waals surface area contributed by atoms with Crippen molar-refractivity contribution in [3.05, 3.63) is 6.33 Å². The van der Waals surface area contributed by atoms with Crippen LogP contribution < -0.4 is 11.2 Å². The molecule has 0 spiro atoms. The fourth-order valence-electron chi connectivity index (χ4n) is 2.75. The van der Waals surface area contributed by atoms with Gasteiger partial charge in [0.05, 0.1) is 12.9 Å². The lowest BCUT2D eigenvalue weighted by atomic mass is 10.1. The maximum atomic E-state index is 10.2. The van der Waals surface area contributed by atoms with Gasteiger partial charge in [-0.2, -0.15) is 15.1 Å².